The summed E-state index contributed by atoms with van der Waals surface area (Å²) in [5.41, 5.74) is 2.46. The quantitative estimate of drug-likeness (QED) is 0.920. The fourth-order valence-corrected chi connectivity index (χ4v) is 4.87. The Kier molecular flexibility index (Phi) is 5.26. The normalized spacial score (nSPS) is 24.1. The maximum Gasteiger partial charge on any atom is 0.303 e. The van der Waals surface area contributed by atoms with Crippen molar-refractivity contribution in [2.75, 3.05) is 18.8 Å². The third-order valence-corrected chi connectivity index (χ3v) is 6.04. The van der Waals surface area contributed by atoms with Crippen molar-refractivity contribution in [1.82, 2.24) is 4.90 Å². The Morgan fingerprint density at radius 1 is 1.30 bits per heavy atom. The van der Waals surface area contributed by atoms with Crippen LogP contribution in [0.3, 0.4) is 0 Å². The molecule has 0 radical (unpaired) electrons. The maximum atomic E-state index is 13.0. The number of carboxylic acid groups (broad SMARTS) is 1. The number of piperidine rings is 1. The third kappa shape index (κ3) is 3.89. The molecule has 0 aromatic heterocycles. The average molecular weight is 333 g/mol. The van der Waals surface area contributed by atoms with Crippen molar-refractivity contribution >= 4 is 23.6 Å². The van der Waals surface area contributed by atoms with Gasteiger partial charge in [-0.25, -0.2) is 0 Å². The van der Waals surface area contributed by atoms with Crippen LogP contribution in [0, 0.1) is 5.92 Å². The van der Waals surface area contributed by atoms with Crippen molar-refractivity contribution in [2.24, 2.45) is 5.92 Å². The largest absolute Gasteiger partial charge is 0.481 e. The molecule has 1 fully saturated rings. The Morgan fingerprint density at radius 3 is 2.96 bits per heavy atom. The van der Waals surface area contributed by atoms with E-state index in [2.05, 4.69) is 12.1 Å². The summed E-state index contributed by atoms with van der Waals surface area (Å²) in [4.78, 5) is 25.7. The van der Waals surface area contributed by atoms with E-state index in [9.17, 15) is 9.59 Å². The van der Waals surface area contributed by atoms with Crippen molar-refractivity contribution < 1.29 is 14.7 Å². The number of nitrogens with zero attached hydrogens (tertiary/aromatic N) is 1. The van der Waals surface area contributed by atoms with Gasteiger partial charge in [0.1, 0.15) is 5.25 Å². The van der Waals surface area contributed by atoms with Crippen LogP contribution in [0.2, 0.25) is 0 Å². The number of amides is 1. The summed E-state index contributed by atoms with van der Waals surface area (Å²) in [6.45, 7) is 1.52. The van der Waals surface area contributed by atoms with Crippen molar-refractivity contribution in [3.05, 3.63) is 35.4 Å². The van der Waals surface area contributed by atoms with Crippen molar-refractivity contribution in [1.29, 1.82) is 0 Å². The monoisotopic (exact) mass is 333 g/mol. The molecule has 2 aliphatic rings. The summed E-state index contributed by atoms with van der Waals surface area (Å²) < 4.78 is 0. The Morgan fingerprint density at radius 2 is 2.13 bits per heavy atom. The van der Waals surface area contributed by atoms with Crippen molar-refractivity contribution in [3.63, 3.8) is 0 Å². The highest BCUT2D eigenvalue weighted by Gasteiger charge is 2.32. The molecular formula is C18H23NO3S. The maximum absolute atomic E-state index is 13.0. The number of hydrogen-bond acceptors (Lipinski definition) is 3. The van der Waals surface area contributed by atoms with E-state index < -0.39 is 5.97 Å². The number of aryl methyl sites for hydroxylation is 1. The first-order chi connectivity index (χ1) is 11.1. The van der Waals surface area contributed by atoms with E-state index in [-0.39, 0.29) is 17.6 Å². The number of carboxylic acids is 1. The molecule has 0 saturated carbocycles. The lowest BCUT2D eigenvalue weighted by Gasteiger charge is -2.36. The molecule has 4 nitrogen and oxygen atoms in total. The second-order valence-electron chi connectivity index (χ2n) is 6.42. The fraction of sp³-hybridized carbons (Fsp3) is 0.556. The summed E-state index contributed by atoms with van der Waals surface area (Å²) >= 11 is 1.74. The first kappa shape index (κ1) is 16.4. The zero-order valence-electron chi connectivity index (χ0n) is 13.2. The third-order valence-electron chi connectivity index (χ3n) is 4.81. The number of thioether (sulfide) groups is 1. The van der Waals surface area contributed by atoms with Crippen LogP contribution in [-0.4, -0.2) is 40.7 Å². The smallest absolute Gasteiger partial charge is 0.303 e. The molecule has 3 rings (SSSR count). The minimum absolute atomic E-state index is 0.0850. The van der Waals surface area contributed by atoms with Gasteiger partial charge in [0.15, 0.2) is 0 Å². The minimum atomic E-state index is -0.745. The molecule has 1 amide bonds. The summed E-state index contributed by atoms with van der Waals surface area (Å²) in [7, 11) is 0. The van der Waals surface area contributed by atoms with Gasteiger partial charge in [0, 0.05) is 19.5 Å². The molecule has 1 aromatic rings. The summed E-state index contributed by atoms with van der Waals surface area (Å²) in [6, 6.07) is 8.26. The Balaban J connectivity index is 1.67. The molecule has 5 heteroatoms. The van der Waals surface area contributed by atoms with Gasteiger partial charge in [0.25, 0.3) is 0 Å². The molecule has 1 aromatic carbocycles. The number of hydrogen-bond donors (Lipinski definition) is 1. The van der Waals surface area contributed by atoms with Gasteiger partial charge in [0.2, 0.25) is 5.91 Å². The number of carbonyl (C=O) groups is 2. The highest BCUT2D eigenvalue weighted by molar-refractivity contribution is 8.00. The SMILES string of the molecule is O=C(O)CC[C@@H]1CCCN(C(=O)[C@@H]2SCCc3ccccc32)C1. The average Bonchev–Trinajstić information content (AvgIpc) is 2.59. The van der Waals surface area contributed by atoms with Crippen LogP contribution in [0.25, 0.3) is 0 Å². The second kappa shape index (κ2) is 7.39. The van der Waals surface area contributed by atoms with Crippen LogP contribution in [0.15, 0.2) is 24.3 Å². The number of likely N-dealkylation sites (tertiary alicyclic amines) is 1. The first-order valence-electron chi connectivity index (χ1n) is 8.35. The molecule has 0 aliphatic carbocycles. The van der Waals surface area contributed by atoms with Gasteiger partial charge < -0.3 is 10.0 Å². The Labute approximate surface area is 141 Å². The molecule has 1 saturated heterocycles. The molecule has 1 N–H and O–H groups in total. The van der Waals surface area contributed by atoms with Gasteiger partial charge in [0.05, 0.1) is 0 Å². The van der Waals surface area contributed by atoms with Crippen LogP contribution >= 0.6 is 11.8 Å². The lowest BCUT2D eigenvalue weighted by atomic mass is 9.92. The lowest BCUT2D eigenvalue weighted by molar-refractivity contribution is -0.137. The highest BCUT2D eigenvalue weighted by Crippen LogP contribution is 2.38. The predicted octanol–water partition coefficient (Wildman–Crippen LogP) is 3.12. The zero-order valence-corrected chi connectivity index (χ0v) is 14.1. The van der Waals surface area contributed by atoms with E-state index in [0.29, 0.717) is 18.9 Å². The number of rotatable bonds is 4. The van der Waals surface area contributed by atoms with E-state index in [1.165, 1.54) is 11.1 Å². The van der Waals surface area contributed by atoms with Gasteiger partial charge in [-0.3, -0.25) is 9.59 Å². The molecular weight excluding hydrogens is 310 g/mol. The molecule has 0 unspecified atom stereocenters. The lowest BCUT2D eigenvalue weighted by Crippen LogP contribution is -2.42. The number of aliphatic carboxylic acids is 1. The Hall–Kier alpha value is -1.49. The Bertz CT molecular complexity index is 589. The topological polar surface area (TPSA) is 57.6 Å². The number of fused-ring (bicyclic) bond motifs is 1. The number of benzene rings is 1. The molecule has 124 valence electrons. The van der Waals surface area contributed by atoms with E-state index in [4.69, 9.17) is 5.11 Å². The van der Waals surface area contributed by atoms with Gasteiger partial charge >= 0.3 is 5.97 Å². The van der Waals surface area contributed by atoms with Crippen molar-refractivity contribution in [2.45, 2.75) is 37.4 Å². The fourth-order valence-electron chi connectivity index (χ4n) is 3.59. The van der Waals surface area contributed by atoms with Crippen LogP contribution in [0.1, 0.15) is 42.1 Å². The summed E-state index contributed by atoms with van der Waals surface area (Å²) in [5, 5.41) is 8.76. The van der Waals surface area contributed by atoms with E-state index >= 15 is 0 Å². The van der Waals surface area contributed by atoms with E-state index in [1.807, 2.05) is 17.0 Å². The molecule has 2 aliphatic heterocycles. The van der Waals surface area contributed by atoms with Crippen LogP contribution in [-0.2, 0) is 16.0 Å². The minimum Gasteiger partial charge on any atom is -0.481 e. The van der Waals surface area contributed by atoms with Gasteiger partial charge in [-0.1, -0.05) is 24.3 Å². The van der Waals surface area contributed by atoms with E-state index in [0.717, 1.165) is 31.6 Å². The van der Waals surface area contributed by atoms with Gasteiger partial charge in [-0.15, -0.1) is 11.8 Å². The molecule has 2 heterocycles. The predicted molar refractivity (Wildman–Crippen MR) is 91.5 cm³/mol. The summed E-state index contributed by atoms with van der Waals surface area (Å²) in [6.07, 6.45) is 3.92. The van der Waals surface area contributed by atoms with Crippen molar-refractivity contribution in [3.8, 4) is 0 Å². The van der Waals surface area contributed by atoms with Gasteiger partial charge in [-0.2, -0.15) is 0 Å². The molecule has 2 atom stereocenters. The highest BCUT2D eigenvalue weighted by atomic mass is 32.2. The summed E-state index contributed by atoms with van der Waals surface area (Å²) in [5.74, 6) is 0.781. The van der Waals surface area contributed by atoms with Crippen LogP contribution in [0.5, 0.6) is 0 Å². The van der Waals surface area contributed by atoms with Crippen LogP contribution in [0.4, 0.5) is 0 Å². The molecule has 0 bridgehead atoms. The molecule has 23 heavy (non-hydrogen) atoms. The first-order valence-corrected chi connectivity index (χ1v) is 9.40. The van der Waals surface area contributed by atoms with Gasteiger partial charge in [-0.05, 0) is 48.5 Å². The van der Waals surface area contributed by atoms with Crippen LogP contribution < -0.4 is 0 Å². The number of carbonyl (C=O) groups excluding carboxylic acids is 1. The zero-order chi connectivity index (χ0) is 16.2. The second-order valence-corrected chi connectivity index (χ2v) is 7.64. The van der Waals surface area contributed by atoms with E-state index in [1.54, 1.807) is 11.8 Å². The standard InChI is InChI=1S/C18H23NO3S/c20-16(21)8-7-13-4-3-10-19(12-13)18(22)17-15-6-2-1-5-14(15)9-11-23-17/h1-2,5-6,13,17H,3-4,7-12H2,(H,20,21)/t13-,17+/m0/s1. The molecule has 0 spiro atoms.